The fourth-order valence-corrected chi connectivity index (χ4v) is 5.48. The van der Waals surface area contributed by atoms with E-state index in [4.69, 9.17) is 0 Å². The van der Waals surface area contributed by atoms with Crippen LogP contribution in [0.2, 0.25) is 0 Å². The topological polar surface area (TPSA) is 40.6 Å². The molecule has 4 nitrogen and oxygen atoms in total. The largest absolute Gasteiger partial charge is 0.315 e. The zero-order chi connectivity index (χ0) is 19.2. The van der Waals surface area contributed by atoms with Crippen LogP contribution in [0.15, 0.2) is 42.5 Å². The molecule has 1 atom stereocenters. The molecule has 0 N–H and O–H groups in total. The Bertz CT molecular complexity index is 909. The van der Waals surface area contributed by atoms with Gasteiger partial charge in [-0.1, -0.05) is 54.4 Å². The Kier molecular flexibility index (Phi) is 4.50. The maximum absolute atomic E-state index is 13.7. The first kappa shape index (κ1) is 18.1. The molecule has 0 unspecified atom stereocenters. The molecule has 1 saturated heterocycles. The number of anilines is 1. The van der Waals surface area contributed by atoms with Gasteiger partial charge in [0.15, 0.2) is 4.87 Å². The van der Waals surface area contributed by atoms with E-state index in [1.54, 1.807) is 16.7 Å². The number of nitrogens with zero attached hydrogens (tertiary/aromatic N) is 2. The molecule has 2 amide bonds. The number of carbonyl (C=O) groups excluding carboxylic acids is 2. The molecule has 140 valence electrons. The molecule has 0 aliphatic carbocycles. The van der Waals surface area contributed by atoms with Crippen molar-refractivity contribution in [3.8, 4) is 0 Å². The lowest BCUT2D eigenvalue weighted by molar-refractivity contribution is -0.139. The molecule has 27 heavy (non-hydrogen) atoms. The molecule has 0 bridgehead atoms. The molecule has 1 fully saturated rings. The first-order valence-electron chi connectivity index (χ1n) is 9.40. The number of benzene rings is 2. The number of hydrogen-bond donors (Lipinski definition) is 0. The molecule has 4 rings (SSSR count). The Morgan fingerprint density at radius 1 is 1.11 bits per heavy atom. The highest BCUT2D eigenvalue weighted by molar-refractivity contribution is 8.01. The lowest BCUT2D eigenvalue weighted by Gasteiger charge is -2.33. The summed E-state index contributed by atoms with van der Waals surface area (Å²) >= 11 is 1.59. The van der Waals surface area contributed by atoms with Crippen molar-refractivity contribution in [2.75, 3.05) is 17.2 Å². The summed E-state index contributed by atoms with van der Waals surface area (Å²) in [6, 6.07) is 14.4. The van der Waals surface area contributed by atoms with E-state index in [1.807, 2.05) is 30.9 Å². The smallest absolute Gasteiger partial charge is 0.268 e. The van der Waals surface area contributed by atoms with E-state index in [1.165, 1.54) is 5.56 Å². The van der Waals surface area contributed by atoms with E-state index < -0.39 is 4.87 Å². The van der Waals surface area contributed by atoms with E-state index in [0.717, 1.165) is 28.1 Å². The van der Waals surface area contributed by atoms with Crippen LogP contribution in [0.25, 0.3) is 0 Å². The van der Waals surface area contributed by atoms with Crippen LogP contribution in [-0.2, 0) is 21.0 Å². The summed E-state index contributed by atoms with van der Waals surface area (Å²) in [5, 5.41) is 0. The van der Waals surface area contributed by atoms with Crippen molar-refractivity contribution in [3.63, 3.8) is 0 Å². The number of thioether (sulfide) groups is 1. The monoisotopic (exact) mass is 380 g/mol. The SMILES string of the molecule is CCC(=O)N1CCS[C@@]12C(=O)N(Cc1ccc(C)cc1)c1ccc(C)cc12. The van der Waals surface area contributed by atoms with Gasteiger partial charge in [0.25, 0.3) is 5.91 Å². The summed E-state index contributed by atoms with van der Waals surface area (Å²) in [4.78, 5) is 29.1. The summed E-state index contributed by atoms with van der Waals surface area (Å²) < 4.78 is 0. The van der Waals surface area contributed by atoms with Gasteiger partial charge in [-0.15, -0.1) is 11.8 Å². The summed E-state index contributed by atoms with van der Waals surface area (Å²) in [5.41, 5.74) is 5.28. The number of carbonyl (C=O) groups is 2. The molecule has 0 aromatic heterocycles. The molecule has 2 aliphatic rings. The summed E-state index contributed by atoms with van der Waals surface area (Å²) in [6.07, 6.45) is 0.411. The molecule has 2 aromatic carbocycles. The van der Waals surface area contributed by atoms with Crippen LogP contribution < -0.4 is 4.90 Å². The van der Waals surface area contributed by atoms with E-state index in [2.05, 4.69) is 37.3 Å². The van der Waals surface area contributed by atoms with Gasteiger partial charge in [0.05, 0.1) is 12.2 Å². The maximum Gasteiger partial charge on any atom is 0.268 e. The predicted molar refractivity (Wildman–Crippen MR) is 110 cm³/mol. The zero-order valence-corrected chi connectivity index (χ0v) is 16.8. The second-order valence-electron chi connectivity index (χ2n) is 7.29. The van der Waals surface area contributed by atoms with Gasteiger partial charge in [-0.05, 0) is 25.5 Å². The normalized spacial score (nSPS) is 21.2. The number of hydrogen-bond acceptors (Lipinski definition) is 3. The van der Waals surface area contributed by atoms with Crippen molar-refractivity contribution in [1.82, 2.24) is 4.90 Å². The third kappa shape index (κ3) is 2.76. The van der Waals surface area contributed by atoms with Gasteiger partial charge in [-0.3, -0.25) is 9.59 Å². The quantitative estimate of drug-likeness (QED) is 0.808. The van der Waals surface area contributed by atoms with Crippen molar-refractivity contribution in [2.45, 2.75) is 38.6 Å². The van der Waals surface area contributed by atoms with Crippen LogP contribution in [-0.4, -0.2) is 29.0 Å². The molecular weight excluding hydrogens is 356 g/mol. The molecule has 2 aliphatic heterocycles. The number of aryl methyl sites for hydroxylation is 2. The Hall–Kier alpha value is -2.27. The molecule has 5 heteroatoms. The van der Waals surface area contributed by atoms with E-state index in [0.29, 0.717) is 19.5 Å². The van der Waals surface area contributed by atoms with Crippen molar-refractivity contribution >= 4 is 29.3 Å². The molecule has 2 aromatic rings. The van der Waals surface area contributed by atoms with Gasteiger partial charge >= 0.3 is 0 Å². The predicted octanol–water partition coefficient (Wildman–Crippen LogP) is 3.99. The Morgan fingerprint density at radius 3 is 2.52 bits per heavy atom. The highest BCUT2D eigenvalue weighted by Gasteiger charge is 2.59. The lowest BCUT2D eigenvalue weighted by atomic mass is 10.0. The van der Waals surface area contributed by atoms with Crippen LogP contribution in [0.4, 0.5) is 5.69 Å². The summed E-state index contributed by atoms with van der Waals surface area (Å²) in [5.74, 6) is 0.828. The lowest BCUT2D eigenvalue weighted by Crippen LogP contribution is -2.50. The highest BCUT2D eigenvalue weighted by atomic mass is 32.2. The van der Waals surface area contributed by atoms with Gasteiger partial charge in [0, 0.05) is 24.3 Å². The van der Waals surface area contributed by atoms with E-state index >= 15 is 0 Å². The van der Waals surface area contributed by atoms with E-state index in [-0.39, 0.29) is 11.8 Å². The van der Waals surface area contributed by atoms with Crippen molar-refractivity contribution in [1.29, 1.82) is 0 Å². The molecule has 0 saturated carbocycles. The average molecular weight is 381 g/mol. The fourth-order valence-electron chi connectivity index (χ4n) is 4.01. The Balaban J connectivity index is 1.81. The zero-order valence-electron chi connectivity index (χ0n) is 16.0. The van der Waals surface area contributed by atoms with Gasteiger partial charge in [0.1, 0.15) is 0 Å². The van der Waals surface area contributed by atoms with Crippen molar-refractivity contribution < 1.29 is 9.59 Å². The standard InChI is InChI=1S/C22H24N2O2S/c1-4-20(25)24-11-12-27-22(24)18-13-16(3)7-10-19(18)23(21(22)26)14-17-8-5-15(2)6-9-17/h5-10,13H,4,11-12,14H2,1-3H3/t22-/m0/s1. The van der Waals surface area contributed by atoms with Crippen LogP contribution in [0.1, 0.15) is 35.6 Å². The first-order valence-corrected chi connectivity index (χ1v) is 10.4. The minimum atomic E-state index is -0.904. The van der Waals surface area contributed by atoms with Gasteiger partial charge in [-0.25, -0.2) is 0 Å². The summed E-state index contributed by atoms with van der Waals surface area (Å²) in [7, 11) is 0. The number of amides is 2. The summed E-state index contributed by atoms with van der Waals surface area (Å²) in [6.45, 7) is 7.09. The Labute approximate surface area is 164 Å². The second kappa shape index (κ2) is 6.71. The average Bonchev–Trinajstić information content (AvgIpc) is 3.20. The van der Waals surface area contributed by atoms with Gasteiger partial charge in [-0.2, -0.15) is 0 Å². The number of rotatable bonds is 3. The molecular formula is C22H24N2O2S. The molecule has 1 spiro atoms. The van der Waals surface area contributed by atoms with Gasteiger partial charge < -0.3 is 9.80 Å². The van der Waals surface area contributed by atoms with Crippen molar-refractivity contribution in [3.05, 3.63) is 64.7 Å². The Morgan fingerprint density at radius 2 is 1.81 bits per heavy atom. The molecule has 0 radical (unpaired) electrons. The fraction of sp³-hybridized carbons (Fsp3) is 0.364. The van der Waals surface area contributed by atoms with Gasteiger partial charge in [0.2, 0.25) is 5.91 Å². The third-order valence-electron chi connectivity index (χ3n) is 5.41. The minimum Gasteiger partial charge on any atom is -0.315 e. The van der Waals surface area contributed by atoms with E-state index in [9.17, 15) is 9.59 Å². The van der Waals surface area contributed by atoms with Crippen LogP contribution in [0, 0.1) is 13.8 Å². The van der Waals surface area contributed by atoms with Crippen molar-refractivity contribution in [2.24, 2.45) is 0 Å². The highest BCUT2D eigenvalue weighted by Crippen LogP contribution is 2.54. The molecule has 2 heterocycles. The first-order chi connectivity index (χ1) is 13.0. The number of fused-ring (bicyclic) bond motifs is 2. The van der Waals surface area contributed by atoms with Crippen LogP contribution >= 0.6 is 11.8 Å². The maximum atomic E-state index is 13.7. The van der Waals surface area contributed by atoms with Crippen LogP contribution in [0.3, 0.4) is 0 Å². The second-order valence-corrected chi connectivity index (χ2v) is 8.58. The minimum absolute atomic E-state index is 0.00738. The third-order valence-corrected chi connectivity index (χ3v) is 6.83. The van der Waals surface area contributed by atoms with Crippen LogP contribution in [0.5, 0.6) is 0 Å².